The van der Waals surface area contributed by atoms with Crippen molar-refractivity contribution in [1.82, 2.24) is 0 Å². The fourth-order valence-electron chi connectivity index (χ4n) is 1.90. The van der Waals surface area contributed by atoms with Crippen molar-refractivity contribution in [3.05, 3.63) is 34.9 Å². The van der Waals surface area contributed by atoms with Crippen molar-refractivity contribution in [2.75, 3.05) is 0 Å². The first kappa shape index (κ1) is 29.2. The summed E-state index contributed by atoms with van der Waals surface area (Å²) in [7, 11) is 0. The van der Waals surface area contributed by atoms with Crippen LogP contribution in [0.2, 0.25) is 0 Å². The predicted octanol–water partition coefficient (Wildman–Crippen LogP) is 9.41. The molecule has 1 rings (SSSR count). The van der Waals surface area contributed by atoms with Gasteiger partial charge in [0.1, 0.15) is 0 Å². The molecule has 3 heteroatoms. The van der Waals surface area contributed by atoms with Crippen LogP contribution >= 0.6 is 0 Å². The Bertz CT molecular complexity index is 557. The summed E-state index contributed by atoms with van der Waals surface area (Å²) in [6.07, 6.45) is -4.30. The van der Waals surface area contributed by atoms with Crippen LogP contribution in [0, 0.1) is 10.8 Å². The van der Waals surface area contributed by atoms with Crippen molar-refractivity contribution in [3.63, 3.8) is 0 Å². The van der Waals surface area contributed by atoms with Crippen LogP contribution in [-0.2, 0) is 17.0 Å². The van der Waals surface area contributed by atoms with Gasteiger partial charge in [-0.2, -0.15) is 13.2 Å². The van der Waals surface area contributed by atoms with Gasteiger partial charge in [0.2, 0.25) is 0 Å². The Labute approximate surface area is 173 Å². The van der Waals surface area contributed by atoms with Crippen LogP contribution in [0.4, 0.5) is 13.2 Å². The number of benzene rings is 1. The average Bonchev–Trinajstić information content (AvgIpc) is 2.30. The average molecular weight is 403 g/mol. The zero-order valence-electron chi connectivity index (χ0n) is 20.9. The van der Waals surface area contributed by atoms with Gasteiger partial charge < -0.3 is 0 Å². The fraction of sp³-hybridized carbons (Fsp3) is 0.760. The van der Waals surface area contributed by atoms with E-state index in [1.165, 1.54) is 6.07 Å². The van der Waals surface area contributed by atoms with Gasteiger partial charge >= 0.3 is 6.18 Å². The Morgan fingerprint density at radius 1 is 0.500 bits per heavy atom. The molecular formula is C25H45F3. The topological polar surface area (TPSA) is 0 Å². The second kappa shape index (κ2) is 9.67. The van der Waals surface area contributed by atoms with Gasteiger partial charge in [-0.25, -0.2) is 0 Å². The summed E-state index contributed by atoms with van der Waals surface area (Å²) in [6, 6.07) is 4.71. The van der Waals surface area contributed by atoms with E-state index in [2.05, 4.69) is 55.4 Å². The Morgan fingerprint density at radius 2 is 0.821 bits per heavy atom. The molecule has 0 aliphatic rings. The van der Waals surface area contributed by atoms with E-state index in [9.17, 15) is 13.2 Å². The third kappa shape index (κ3) is 16.0. The lowest BCUT2D eigenvalue weighted by atomic mass is 9.79. The van der Waals surface area contributed by atoms with E-state index in [0.29, 0.717) is 22.0 Å². The lowest BCUT2D eigenvalue weighted by Gasteiger charge is -2.27. The Kier molecular flexibility index (Phi) is 10.1. The molecule has 0 radical (unpaired) electrons. The van der Waals surface area contributed by atoms with E-state index in [1.807, 2.05) is 20.8 Å². The highest BCUT2D eigenvalue weighted by molar-refractivity contribution is 5.40. The molecule has 0 saturated heterocycles. The molecule has 0 atom stereocenters. The summed E-state index contributed by atoms with van der Waals surface area (Å²) in [5.41, 5.74) is 0.755. The van der Waals surface area contributed by atoms with Crippen molar-refractivity contribution < 1.29 is 13.2 Å². The third-order valence-corrected chi connectivity index (χ3v) is 3.00. The molecule has 0 unspecified atom stereocenters. The molecule has 1 aromatic rings. The molecule has 0 aromatic heterocycles. The zero-order chi connectivity index (χ0) is 23.4. The maximum absolute atomic E-state index is 13.1. The van der Waals surface area contributed by atoms with Crippen molar-refractivity contribution in [2.24, 2.45) is 10.8 Å². The predicted molar refractivity (Wildman–Crippen MR) is 119 cm³/mol. The van der Waals surface area contributed by atoms with Crippen LogP contribution in [0.3, 0.4) is 0 Å². The summed E-state index contributed by atoms with van der Waals surface area (Å²) in [5, 5.41) is 0. The molecule has 0 saturated carbocycles. The number of halogens is 3. The van der Waals surface area contributed by atoms with Crippen LogP contribution in [0.5, 0.6) is 0 Å². The van der Waals surface area contributed by atoms with Crippen molar-refractivity contribution >= 4 is 0 Å². The minimum atomic E-state index is -4.30. The maximum Gasteiger partial charge on any atom is 0.416 e. The maximum atomic E-state index is 13.1. The second-order valence-electron chi connectivity index (χ2n) is 12.8. The first-order valence-electron chi connectivity index (χ1n) is 10.1. The van der Waals surface area contributed by atoms with Gasteiger partial charge in [-0.3, -0.25) is 0 Å². The van der Waals surface area contributed by atoms with Gasteiger partial charge in [-0.1, -0.05) is 109 Å². The molecule has 1 aromatic carbocycles. The Hall–Kier alpha value is -0.990. The van der Waals surface area contributed by atoms with E-state index in [0.717, 1.165) is 0 Å². The quantitative estimate of drug-likeness (QED) is 0.405. The normalized spacial score (nSPS) is 13.2. The van der Waals surface area contributed by atoms with Crippen molar-refractivity contribution in [1.29, 1.82) is 0 Å². The largest absolute Gasteiger partial charge is 0.416 e. The van der Waals surface area contributed by atoms with E-state index < -0.39 is 17.2 Å². The van der Waals surface area contributed by atoms with Gasteiger partial charge in [0.15, 0.2) is 0 Å². The van der Waals surface area contributed by atoms with Gasteiger partial charge in [0.05, 0.1) is 5.56 Å². The van der Waals surface area contributed by atoms with Gasteiger partial charge in [-0.15, -0.1) is 0 Å². The second-order valence-corrected chi connectivity index (χ2v) is 12.8. The molecule has 0 nitrogen and oxygen atoms in total. The standard InChI is InChI=1S/C15H21F3.2C5H12/c1-13(2,3)10-7-8-11(14(4,5)6)12(9-10)15(16,17)18;2*1-5(2,3)4/h7-9H,1-6H3;2*1-4H3. The highest BCUT2D eigenvalue weighted by Crippen LogP contribution is 2.39. The molecule has 0 heterocycles. The molecular weight excluding hydrogens is 357 g/mol. The van der Waals surface area contributed by atoms with Crippen LogP contribution < -0.4 is 0 Å². The lowest BCUT2D eigenvalue weighted by Crippen LogP contribution is -2.21. The summed E-state index contributed by atoms with van der Waals surface area (Å²) in [6.45, 7) is 28.6. The molecule has 166 valence electrons. The lowest BCUT2D eigenvalue weighted by molar-refractivity contribution is -0.138. The van der Waals surface area contributed by atoms with E-state index in [-0.39, 0.29) is 5.41 Å². The number of alkyl halides is 3. The third-order valence-electron chi connectivity index (χ3n) is 3.00. The van der Waals surface area contributed by atoms with Gasteiger partial charge in [-0.05, 0) is 38.9 Å². The van der Waals surface area contributed by atoms with E-state index >= 15 is 0 Å². The first-order chi connectivity index (χ1) is 11.8. The monoisotopic (exact) mass is 402 g/mol. The molecule has 0 N–H and O–H groups in total. The van der Waals surface area contributed by atoms with Crippen LogP contribution in [-0.4, -0.2) is 0 Å². The minimum absolute atomic E-state index is 0.281. The molecule has 0 bridgehead atoms. The molecule has 0 aliphatic heterocycles. The SMILES string of the molecule is CC(C)(C)C.CC(C)(C)C.CC(C)(C)c1ccc(C(C)(C)C)c(C(F)(F)F)c1. The number of hydrogen-bond donors (Lipinski definition) is 0. The molecule has 28 heavy (non-hydrogen) atoms. The summed E-state index contributed by atoms with van der Waals surface area (Å²) < 4.78 is 39.4. The summed E-state index contributed by atoms with van der Waals surface area (Å²) in [4.78, 5) is 0. The number of rotatable bonds is 0. The van der Waals surface area contributed by atoms with Crippen LogP contribution in [0.1, 0.15) is 114 Å². The van der Waals surface area contributed by atoms with E-state index in [1.54, 1.807) is 32.9 Å². The van der Waals surface area contributed by atoms with Crippen molar-refractivity contribution in [2.45, 2.75) is 114 Å². The highest BCUT2D eigenvalue weighted by Gasteiger charge is 2.37. The number of hydrogen-bond acceptors (Lipinski definition) is 0. The molecule has 0 fully saturated rings. The zero-order valence-corrected chi connectivity index (χ0v) is 20.9. The van der Waals surface area contributed by atoms with Crippen LogP contribution in [0.15, 0.2) is 18.2 Å². The van der Waals surface area contributed by atoms with Crippen LogP contribution in [0.25, 0.3) is 0 Å². The fourth-order valence-corrected chi connectivity index (χ4v) is 1.90. The highest BCUT2D eigenvalue weighted by atomic mass is 19.4. The Morgan fingerprint density at radius 3 is 1.04 bits per heavy atom. The smallest absolute Gasteiger partial charge is 0.166 e. The molecule has 0 amide bonds. The minimum Gasteiger partial charge on any atom is -0.166 e. The van der Waals surface area contributed by atoms with E-state index in [4.69, 9.17) is 0 Å². The van der Waals surface area contributed by atoms with Gasteiger partial charge in [0, 0.05) is 0 Å². The summed E-state index contributed by atoms with van der Waals surface area (Å²) in [5.74, 6) is 0. The molecule has 0 aliphatic carbocycles. The Balaban J connectivity index is 0. The summed E-state index contributed by atoms with van der Waals surface area (Å²) >= 11 is 0. The van der Waals surface area contributed by atoms with Gasteiger partial charge in [0.25, 0.3) is 0 Å². The molecule has 0 spiro atoms. The van der Waals surface area contributed by atoms with Crippen molar-refractivity contribution in [3.8, 4) is 0 Å². The first-order valence-corrected chi connectivity index (χ1v) is 10.1.